The molecule has 1 saturated heterocycles. The number of hydrogen-bond acceptors (Lipinski definition) is 7. The second-order valence-corrected chi connectivity index (χ2v) is 13.4. The van der Waals surface area contributed by atoms with Crippen LogP contribution in [0.25, 0.3) is 0 Å². The number of ether oxygens (including phenoxy) is 2. The number of benzene rings is 1. The van der Waals surface area contributed by atoms with E-state index in [4.69, 9.17) is 15.2 Å². The van der Waals surface area contributed by atoms with Crippen molar-refractivity contribution in [2.75, 3.05) is 6.54 Å². The number of nitrogens with two attached hydrogens (primary N) is 1. The molecule has 0 radical (unpaired) electrons. The summed E-state index contributed by atoms with van der Waals surface area (Å²) in [6, 6.07) is 2.56. The second-order valence-electron chi connectivity index (χ2n) is 13.4. The number of allylic oxidation sites excluding steroid dienone is 1. The van der Waals surface area contributed by atoms with E-state index in [0.717, 1.165) is 19.3 Å². The first-order valence-electron chi connectivity index (χ1n) is 15.6. The van der Waals surface area contributed by atoms with Crippen molar-refractivity contribution >= 4 is 29.9 Å². The fourth-order valence-corrected chi connectivity index (χ4v) is 6.37. The van der Waals surface area contributed by atoms with Crippen LogP contribution in [0.4, 0.5) is 14.0 Å². The molecule has 3 aliphatic heterocycles. The van der Waals surface area contributed by atoms with Crippen LogP contribution in [0, 0.1) is 11.7 Å². The number of amides is 5. The molecule has 12 nitrogen and oxygen atoms in total. The van der Waals surface area contributed by atoms with E-state index in [1.54, 1.807) is 32.9 Å². The molecular weight excluding hydrogens is 585 g/mol. The highest BCUT2D eigenvalue weighted by atomic mass is 19.1. The van der Waals surface area contributed by atoms with Gasteiger partial charge in [-0.05, 0) is 58.1 Å². The summed E-state index contributed by atoms with van der Waals surface area (Å²) in [5, 5.41) is 5.48. The molecule has 0 spiro atoms. The number of fused-ring (bicyclic) bond motifs is 3. The number of hydrogen-bond donors (Lipinski definition) is 3. The van der Waals surface area contributed by atoms with Gasteiger partial charge in [-0.15, -0.1) is 0 Å². The van der Waals surface area contributed by atoms with Crippen LogP contribution in [0.1, 0.15) is 76.8 Å². The molecule has 5 amide bonds. The van der Waals surface area contributed by atoms with Crippen molar-refractivity contribution in [3.8, 4) is 0 Å². The number of alkyl carbamates (subject to hydrolysis) is 1. The molecule has 5 rings (SSSR count). The molecule has 0 unspecified atom stereocenters. The van der Waals surface area contributed by atoms with E-state index in [1.165, 1.54) is 15.9 Å². The van der Waals surface area contributed by atoms with E-state index < -0.39 is 65.1 Å². The van der Waals surface area contributed by atoms with Gasteiger partial charge in [-0.2, -0.15) is 0 Å². The Hall–Kier alpha value is -4.16. The first kappa shape index (κ1) is 32.2. The van der Waals surface area contributed by atoms with Gasteiger partial charge in [-0.25, -0.2) is 14.0 Å². The molecule has 2 fully saturated rings. The third-order valence-electron chi connectivity index (χ3n) is 8.82. The SMILES string of the molecule is CC(C)(C)OC(=O)N[C@H]1CCCCC/C=C\[C@@H]2C[C@@]2(C(N)=O)NC(=O)[C@@H]2C[C@@H](OC(=O)N3Cc4cccc(F)c4C3)CN2C1=O. The maximum absolute atomic E-state index is 14.3. The van der Waals surface area contributed by atoms with Crippen LogP contribution in [-0.2, 0) is 36.9 Å². The lowest BCUT2D eigenvalue weighted by atomic mass is 10.0. The monoisotopic (exact) mass is 627 g/mol. The van der Waals surface area contributed by atoms with Crippen molar-refractivity contribution in [2.45, 2.75) is 108 Å². The van der Waals surface area contributed by atoms with E-state index in [9.17, 15) is 28.4 Å². The predicted molar refractivity (Wildman–Crippen MR) is 160 cm³/mol. The largest absolute Gasteiger partial charge is 0.444 e. The number of rotatable bonds is 3. The molecular formula is C32H42FN5O7. The zero-order chi connectivity index (χ0) is 32.5. The molecule has 1 aliphatic carbocycles. The minimum atomic E-state index is -1.27. The zero-order valence-corrected chi connectivity index (χ0v) is 26.0. The number of carbonyl (C=O) groups excluding carboxylic acids is 5. The van der Waals surface area contributed by atoms with Crippen molar-refractivity contribution in [3.63, 3.8) is 0 Å². The van der Waals surface area contributed by atoms with Crippen LogP contribution in [0.15, 0.2) is 30.4 Å². The van der Waals surface area contributed by atoms with E-state index in [0.29, 0.717) is 30.4 Å². The van der Waals surface area contributed by atoms with E-state index in [1.807, 2.05) is 12.2 Å². The van der Waals surface area contributed by atoms with Gasteiger partial charge in [0.25, 0.3) is 0 Å². The Labute approximate surface area is 261 Å². The average molecular weight is 628 g/mol. The molecule has 4 aliphatic rings. The highest BCUT2D eigenvalue weighted by molar-refractivity contribution is 5.97. The Morgan fingerprint density at radius 1 is 1.13 bits per heavy atom. The third kappa shape index (κ3) is 7.23. The number of carbonyl (C=O) groups is 5. The van der Waals surface area contributed by atoms with Gasteiger partial charge < -0.3 is 30.7 Å². The van der Waals surface area contributed by atoms with Gasteiger partial charge in [0, 0.05) is 24.4 Å². The van der Waals surface area contributed by atoms with Crippen LogP contribution < -0.4 is 16.4 Å². The number of halogens is 1. The maximum Gasteiger partial charge on any atom is 0.410 e. The Bertz CT molecular complexity index is 1390. The number of primary amides is 1. The standard InChI is InChI=1S/C32H42FN5O7/c1-31(2,3)45-29(42)35-24-13-8-6-4-5-7-11-20-15-32(20,28(34)41)36-26(39)25-14-21(17-38(25)27(24)40)44-30(43)37-16-19-10-9-12-23(33)22(19)18-37/h7,9-12,20-21,24-25H,4-6,8,13-18H2,1-3H3,(H2,34,41)(H,35,42)(H,36,39)/b11-7-/t20-,21-,24+,25+,32-/m1/s1. The Kier molecular flexibility index (Phi) is 9.09. The predicted octanol–water partition coefficient (Wildman–Crippen LogP) is 3.02. The molecule has 244 valence electrons. The lowest BCUT2D eigenvalue weighted by molar-refractivity contribution is -0.141. The lowest BCUT2D eigenvalue weighted by Gasteiger charge is -2.30. The first-order valence-corrected chi connectivity index (χ1v) is 15.6. The molecule has 5 atom stereocenters. The van der Waals surface area contributed by atoms with Crippen molar-refractivity contribution in [3.05, 3.63) is 47.3 Å². The van der Waals surface area contributed by atoms with E-state index >= 15 is 0 Å². The highest BCUT2D eigenvalue weighted by Crippen LogP contribution is 2.45. The fourth-order valence-electron chi connectivity index (χ4n) is 6.37. The van der Waals surface area contributed by atoms with Crippen molar-refractivity contribution in [1.29, 1.82) is 0 Å². The zero-order valence-electron chi connectivity index (χ0n) is 26.0. The Morgan fingerprint density at radius 3 is 2.62 bits per heavy atom. The smallest absolute Gasteiger partial charge is 0.410 e. The molecule has 13 heteroatoms. The summed E-state index contributed by atoms with van der Waals surface area (Å²) in [6.07, 6.45) is 5.17. The summed E-state index contributed by atoms with van der Waals surface area (Å²) >= 11 is 0. The van der Waals surface area contributed by atoms with Crippen molar-refractivity contribution < 1.29 is 37.8 Å². The highest BCUT2D eigenvalue weighted by Gasteiger charge is 2.60. The summed E-state index contributed by atoms with van der Waals surface area (Å²) in [5.74, 6) is -2.46. The molecule has 0 aromatic heterocycles. The lowest BCUT2D eigenvalue weighted by Crippen LogP contribution is -2.57. The molecule has 0 bridgehead atoms. The molecule has 4 N–H and O–H groups in total. The van der Waals surface area contributed by atoms with E-state index in [-0.39, 0.29) is 32.0 Å². The summed E-state index contributed by atoms with van der Waals surface area (Å²) in [5.41, 5.74) is 4.78. The van der Waals surface area contributed by atoms with Crippen LogP contribution in [0.3, 0.4) is 0 Å². The molecule has 3 heterocycles. The van der Waals surface area contributed by atoms with Crippen LogP contribution in [0.5, 0.6) is 0 Å². The topological polar surface area (TPSA) is 160 Å². The normalized spacial score (nSPS) is 29.2. The molecule has 1 aromatic rings. The van der Waals surface area contributed by atoms with Gasteiger partial charge in [0.1, 0.15) is 35.1 Å². The number of nitrogens with zero attached hydrogens (tertiary/aromatic N) is 2. The molecule has 1 saturated carbocycles. The summed E-state index contributed by atoms with van der Waals surface area (Å²) < 4.78 is 25.5. The van der Waals surface area contributed by atoms with Crippen LogP contribution in [-0.4, -0.2) is 75.6 Å². The van der Waals surface area contributed by atoms with Crippen LogP contribution >= 0.6 is 0 Å². The van der Waals surface area contributed by atoms with Crippen LogP contribution in [0.2, 0.25) is 0 Å². The summed E-state index contributed by atoms with van der Waals surface area (Å²) in [4.78, 5) is 68.9. The third-order valence-corrected chi connectivity index (χ3v) is 8.82. The minimum absolute atomic E-state index is 0.0348. The molecule has 1 aromatic carbocycles. The van der Waals surface area contributed by atoms with Gasteiger partial charge in [-0.1, -0.05) is 37.1 Å². The molecule has 45 heavy (non-hydrogen) atoms. The summed E-state index contributed by atoms with van der Waals surface area (Å²) in [6.45, 7) is 5.24. The van der Waals surface area contributed by atoms with Crippen molar-refractivity contribution in [2.24, 2.45) is 11.7 Å². The minimum Gasteiger partial charge on any atom is -0.444 e. The maximum atomic E-state index is 14.3. The first-order chi connectivity index (χ1) is 21.3. The van der Waals surface area contributed by atoms with Crippen molar-refractivity contribution in [1.82, 2.24) is 20.4 Å². The van der Waals surface area contributed by atoms with Gasteiger partial charge in [0.05, 0.1) is 13.1 Å². The van der Waals surface area contributed by atoms with Gasteiger partial charge in [0.15, 0.2) is 0 Å². The Balaban J connectivity index is 1.37. The average Bonchev–Trinajstić information content (AvgIpc) is 3.27. The van der Waals surface area contributed by atoms with Gasteiger partial charge in [0.2, 0.25) is 17.7 Å². The second kappa shape index (κ2) is 12.7. The van der Waals surface area contributed by atoms with E-state index in [2.05, 4.69) is 10.6 Å². The quantitative estimate of drug-likeness (QED) is 0.434. The number of nitrogens with one attached hydrogen (secondary N) is 2. The van der Waals surface area contributed by atoms with Gasteiger partial charge in [-0.3, -0.25) is 19.3 Å². The fraction of sp³-hybridized carbons (Fsp3) is 0.594. The summed E-state index contributed by atoms with van der Waals surface area (Å²) in [7, 11) is 0. The van der Waals surface area contributed by atoms with Gasteiger partial charge >= 0.3 is 12.2 Å². The Morgan fingerprint density at radius 2 is 1.91 bits per heavy atom.